The van der Waals surface area contributed by atoms with E-state index in [1.807, 2.05) is 6.07 Å². The Morgan fingerprint density at radius 1 is 0.944 bits per heavy atom. The highest BCUT2D eigenvalue weighted by Crippen LogP contribution is 2.41. The van der Waals surface area contributed by atoms with Crippen molar-refractivity contribution in [1.29, 1.82) is 0 Å². The van der Waals surface area contributed by atoms with Crippen molar-refractivity contribution in [3.8, 4) is 11.1 Å². The van der Waals surface area contributed by atoms with Crippen molar-refractivity contribution < 1.29 is 22.8 Å². The quantitative estimate of drug-likeness (QED) is 0.403. The Morgan fingerprint density at radius 3 is 2.25 bits per heavy atom. The molecule has 0 unspecified atom stereocenters. The van der Waals surface area contributed by atoms with Crippen LogP contribution in [-0.4, -0.2) is 47.8 Å². The first kappa shape index (κ1) is 24.6. The van der Waals surface area contributed by atoms with Gasteiger partial charge in [-0.25, -0.2) is 0 Å². The standard InChI is InChI=1S/C26H22F3N5O2/c1-30-24(35)19-14-32-22-12-20(26(27,28)29)17(15-9-10-21(31-13-15)25(36)34(2)3)11-18(22)23(19)33-16-7-5-4-6-8-16/h4-14H,1-3H3,(H,30,35)(H,32,33). The fraction of sp³-hybridized carbons (Fsp3) is 0.154. The summed E-state index contributed by atoms with van der Waals surface area (Å²) in [6.07, 6.45) is -2.21. The zero-order valence-electron chi connectivity index (χ0n) is 19.6. The average Bonchev–Trinajstić information content (AvgIpc) is 2.87. The van der Waals surface area contributed by atoms with Gasteiger partial charge in [-0.3, -0.25) is 19.6 Å². The molecular formula is C26H22F3N5O2. The van der Waals surface area contributed by atoms with Gasteiger partial charge in [-0.2, -0.15) is 13.2 Å². The second-order valence-corrected chi connectivity index (χ2v) is 8.16. The summed E-state index contributed by atoms with van der Waals surface area (Å²) in [4.78, 5) is 34.3. The summed E-state index contributed by atoms with van der Waals surface area (Å²) in [6, 6.07) is 14.0. The van der Waals surface area contributed by atoms with Crippen LogP contribution in [0.5, 0.6) is 0 Å². The van der Waals surface area contributed by atoms with E-state index in [0.717, 1.165) is 6.07 Å². The Bertz CT molecular complexity index is 1440. The Kier molecular flexibility index (Phi) is 6.61. The van der Waals surface area contributed by atoms with E-state index in [4.69, 9.17) is 0 Å². The maximum atomic E-state index is 14.1. The summed E-state index contributed by atoms with van der Waals surface area (Å²) in [7, 11) is 4.57. The van der Waals surface area contributed by atoms with E-state index in [9.17, 15) is 22.8 Å². The molecule has 0 atom stereocenters. The Morgan fingerprint density at radius 2 is 1.67 bits per heavy atom. The largest absolute Gasteiger partial charge is 0.417 e. The molecule has 2 heterocycles. The summed E-state index contributed by atoms with van der Waals surface area (Å²) in [6.45, 7) is 0. The van der Waals surface area contributed by atoms with E-state index in [1.165, 1.54) is 42.5 Å². The normalized spacial score (nSPS) is 11.3. The minimum Gasteiger partial charge on any atom is -0.355 e. The number of rotatable bonds is 5. The second-order valence-electron chi connectivity index (χ2n) is 8.16. The zero-order valence-corrected chi connectivity index (χ0v) is 19.6. The molecule has 2 amide bonds. The highest BCUT2D eigenvalue weighted by Gasteiger charge is 2.35. The van der Waals surface area contributed by atoms with Crippen molar-refractivity contribution in [2.24, 2.45) is 0 Å². The predicted octanol–water partition coefficient (Wildman–Crippen LogP) is 5.12. The smallest absolute Gasteiger partial charge is 0.355 e. The lowest BCUT2D eigenvalue weighted by Crippen LogP contribution is -2.22. The third kappa shape index (κ3) is 4.83. The molecule has 0 spiro atoms. The van der Waals surface area contributed by atoms with Crippen molar-refractivity contribution in [2.45, 2.75) is 6.18 Å². The number of fused-ring (bicyclic) bond motifs is 1. The van der Waals surface area contributed by atoms with Crippen molar-refractivity contribution in [3.63, 3.8) is 0 Å². The summed E-state index contributed by atoms with van der Waals surface area (Å²) >= 11 is 0. The summed E-state index contributed by atoms with van der Waals surface area (Å²) in [5, 5.41) is 6.01. The van der Waals surface area contributed by atoms with Gasteiger partial charge < -0.3 is 15.5 Å². The lowest BCUT2D eigenvalue weighted by molar-refractivity contribution is -0.137. The number of hydrogen-bond acceptors (Lipinski definition) is 5. The van der Waals surface area contributed by atoms with Crippen LogP contribution < -0.4 is 10.6 Å². The van der Waals surface area contributed by atoms with Gasteiger partial charge in [0.05, 0.1) is 22.3 Å². The van der Waals surface area contributed by atoms with Crippen LogP contribution in [0.1, 0.15) is 26.4 Å². The molecule has 7 nitrogen and oxygen atoms in total. The molecule has 0 fully saturated rings. The van der Waals surface area contributed by atoms with Gasteiger partial charge >= 0.3 is 6.18 Å². The van der Waals surface area contributed by atoms with Crippen molar-refractivity contribution >= 4 is 34.1 Å². The molecule has 0 aliphatic heterocycles. The number of nitrogens with zero attached hydrogens (tertiary/aromatic N) is 3. The Hall–Kier alpha value is -4.47. The van der Waals surface area contributed by atoms with Crippen LogP contribution in [0.15, 0.2) is 67.0 Å². The summed E-state index contributed by atoms with van der Waals surface area (Å²) in [5.74, 6) is -0.817. The Balaban J connectivity index is 1.97. The number of carbonyl (C=O) groups excluding carboxylic acids is 2. The van der Waals surface area contributed by atoms with Gasteiger partial charge in [0.15, 0.2) is 0 Å². The molecule has 0 saturated heterocycles. The fourth-order valence-corrected chi connectivity index (χ4v) is 3.73. The first-order valence-corrected chi connectivity index (χ1v) is 10.9. The molecule has 36 heavy (non-hydrogen) atoms. The molecule has 10 heteroatoms. The molecule has 2 aromatic heterocycles. The molecule has 2 N–H and O–H groups in total. The minimum atomic E-state index is -4.68. The number of pyridine rings is 2. The van der Waals surface area contributed by atoms with Gasteiger partial charge in [-0.05, 0) is 35.9 Å². The first-order valence-electron chi connectivity index (χ1n) is 10.9. The monoisotopic (exact) mass is 493 g/mol. The molecule has 2 aromatic carbocycles. The van der Waals surface area contributed by atoms with Gasteiger partial charge in [0.25, 0.3) is 11.8 Å². The molecule has 4 rings (SSSR count). The van der Waals surface area contributed by atoms with E-state index in [2.05, 4.69) is 20.6 Å². The number of halogens is 3. The molecule has 0 bridgehead atoms. The summed E-state index contributed by atoms with van der Waals surface area (Å²) in [5.41, 5.74) is 0.392. The molecule has 0 radical (unpaired) electrons. The van der Waals surface area contributed by atoms with E-state index < -0.39 is 17.6 Å². The molecule has 0 aliphatic carbocycles. The zero-order chi connectivity index (χ0) is 26.0. The Labute approximate surface area is 205 Å². The number of anilines is 2. The fourth-order valence-electron chi connectivity index (χ4n) is 3.73. The van der Waals surface area contributed by atoms with Gasteiger partial charge in [0.1, 0.15) is 5.69 Å². The van der Waals surface area contributed by atoms with Crippen LogP contribution in [0, 0.1) is 0 Å². The lowest BCUT2D eigenvalue weighted by atomic mass is 9.96. The van der Waals surface area contributed by atoms with Gasteiger partial charge in [-0.15, -0.1) is 0 Å². The maximum absolute atomic E-state index is 14.1. The number of hydrogen-bond donors (Lipinski definition) is 2. The lowest BCUT2D eigenvalue weighted by Gasteiger charge is -2.18. The molecule has 4 aromatic rings. The highest BCUT2D eigenvalue weighted by atomic mass is 19.4. The van der Waals surface area contributed by atoms with Crippen LogP contribution in [-0.2, 0) is 6.18 Å². The maximum Gasteiger partial charge on any atom is 0.417 e. The van der Waals surface area contributed by atoms with E-state index in [1.54, 1.807) is 38.4 Å². The van der Waals surface area contributed by atoms with Crippen LogP contribution in [0.4, 0.5) is 24.5 Å². The van der Waals surface area contributed by atoms with Crippen LogP contribution in [0.2, 0.25) is 0 Å². The molecule has 0 saturated carbocycles. The highest BCUT2D eigenvalue weighted by molar-refractivity contribution is 6.09. The van der Waals surface area contributed by atoms with Crippen molar-refractivity contribution in [3.05, 3.63) is 83.8 Å². The van der Waals surface area contributed by atoms with Crippen LogP contribution >= 0.6 is 0 Å². The van der Waals surface area contributed by atoms with Gasteiger partial charge in [-0.1, -0.05) is 24.3 Å². The number of carbonyl (C=O) groups is 2. The van der Waals surface area contributed by atoms with E-state index in [-0.39, 0.29) is 33.8 Å². The average molecular weight is 493 g/mol. The number of aromatic nitrogens is 2. The number of alkyl halides is 3. The number of para-hydroxylation sites is 1. The minimum absolute atomic E-state index is 0.0597. The van der Waals surface area contributed by atoms with Crippen molar-refractivity contribution in [1.82, 2.24) is 20.2 Å². The first-order chi connectivity index (χ1) is 17.1. The third-order valence-electron chi connectivity index (χ3n) is 5.53. The number of benzene rings is 2. The van der Waals surface area contributed by atoms with Crippen LogP contribution in [0.3, 0.4) is 0 Å². The number of nitrogens with one attached hydrogen (secondary N) is 2. The molecular weight excluding hydrogens is 471 g/mol. The third-order valence-corrected chi connectivity index (χ3v) is 5.53. The van der Waals surface area contributed by atoms with Crippen molar-refractivity contribution in [2.75, 3.05) is 26.5 Å². The van der Waals surface area contributed by atoms with Gasteiger partial charge in [0.2, 0.25) is 0 Å². The second kappa shape index (κ2) is 9.65. The topological polar surface area (TPSA) is 87.2 Å². The van der Waals surface area contributed by atoms with E-state index >= 15 is 0 Å². The van der Waals surface area contributed by atoms with E-state index in [0.29, 0.717) is 16.8 Å². The number of amides is 2. The van der Waals surface area contributed by atoms with Crippen LogP contribution in [0.25, 0.3) is 22.0 Å². The predicted molar refractivity (Wildman–Crippen MR) is 131 cm³/mol. The molecule has 184 valence electrons. The summed E-state index contributed by atoms with van der Waals surface area (Å²) < 4.78 is 42.3. The molecule has 0 aliphatic rings. The van der Waals surface area contributed by atoms with Gasteiger partial charge in [0, 0.05) is 50.2 Å². The SMILES string of the molecule is CNC(=O)c1cnc2cc(C(F)(F)F)c(-c3ccc(C(=O)N(C)C)nc3)cc2c1Nc1ccccc1.